The number of aromatic nitrogens is 1. The lowest BCUT2D eigenvalue weighted by Gasteiger charge is -2.34. The first-order valence-corrected chi connectivity index (χ1v) is 8.63. The summed E-state index contributed by atoms with van der Waals surface area (Å²) in [4.78, 5) is 4.28. The molecular formula is C18H25FN2. The summed E-state index contributed by atoms with van der Waals surface area (Å²) >= 11 is 0. The van der Waals surface area contributed by atoms with E-state index < -0.39 is 0 Å². The van der Waals surface area contributed by atoms with Crippen LogP contribution in [0.25, 0.3) is 0 Å². The highest BCUT2D eigenvalue weighted by atomic mass is 19.1. The molecule has 2 nitrogen and oxygen atoms in total. The Morgan fingerprint density at radius 3 is 2.86 bits per heavy atom. The van der Waals surface area contributed by atoms with E-state index in [1.165, 1.54) is 44.4 Å². The topological polar surface area (TPSA) is 24.9 Å². The van der Waals surface area contributed by atoms with E-state index in [4.69, 9.17) is 0 Å². The number of nitrogens with zero attached hydrogens (tertiary/aromatic N) is 1. The van der Waals surface area contributed by atoms with Gasteiger partial charge in [0.05, 0.1) is 11.9 Å². The molecule has 3 aliphatic rings. The largest absolute Gasteiger partial charge is 0.306 e. The van der Waals surface area contributed by atoms with Crippen LogP contribution in [0.2, 0.25) is 0 Å². The number of hydrogen-bond acceptors (Lipinski definition) is 2. The van der Waals surface area contributed by atoms with Gasteiger partial charge in [-0.2, -0.15) is 0 Å². The van der Waals surface area contributed by atoms with Crippen LogP contribution < -0.4 is 5.32 Å². The van der Waals surface area contributed by atoms with Crippen LogP contribution in [0.5, 0.6) is 0 Å². The first-order valence-electron chi connectivity index (χ1n) is 8.63. The number of fused-ring (bicyclic) bond motifs is 5. The van der Waals surface area contributed by atoms with Gasteiger partial charge in [0.25, 0.3) is 0 Å². The van der Waals surface area contributed by atoms with Crippen LogP contribution >= 0.6 is 0 Å². The molecule has 21 heavy (non-hydrogen) atoms. The second-order valence-electron chi connectivity index (χ2n) is 7.29. The quantitative estimate of drug-likeness (QED) is 0.902. The lowest BCUT2D eigenvalue weighted by Crippen LogP contribution is -2.41. The molecule has 6 atom stereocenters. The fraction of sp³-hybridized carbons (Fsp3) is 0.722. The van der Waals surface area contributed by atoms with Gasteiger partial charge in [-0.15, -0.1) is 0 Å². The molecular weight excluding hydrogens is 263 g/mol. The molecule has 0 amide bonds. The Bertz CT molecular complexity index is 500. The maximum absolute atomic E-state index is 13.0. The van der Waals surface area contributed by atoms with Crippen molar-refractivity contribution in [2.75, 3.05) is 0 Å². The number of pyridine rings is 1. The molecule has 6 unspecified atom stereocenters. The molecule has 1 aromatic rings. The molecule has 0 aromatic carbocycles. The van der Waals surface area contributed by atoms with Crippen molar-refractivity contribution in [1.29, 1.82) is 0 Å². The summed E-state index contributed by atoms with van der Waals surface area (Å²) in [6.45, 7) is 2.19. The highest BCUT2D eigenvalue weighted by Crippen LogP contribution is 2.58. The Morgan fingerprint density at radius 2 is 2.10 bits per heavy atom. The molecule has 0 radical (unpaired) electrons. The van der Waals surface area contributed by atoms with Crippen molar-refractivity contribution in [2.24, 2.45) is 23.7 Å². The van der Waals surface area contributed by atoms with Gasteiger partial charge in [0.15, 0.2) is 0 Å². The van der Waals surface area contributed by atoms with E-state index in [-0.39, 0.29) is 11.9 Å². The maximum atomic E-state index is 13.0. The molecule has 2 bridgehead atoms. The van der Waals surface area contributed by atoms with Gasteiger partial charge < -0.3 is 5.32 Å². The summed E-state index contributed by atoms with van der Waals surface area (Å²) in [7, 11) is 0. The average molecular weight is 288 g/mol. The van der Waals surface area contributed by atoms with E-state index in [2.05, 4.69) is 17.2 Å². The summed E-state index contributed by atoms with van der Waals surface area (Å²) in [6.07, 6.45) is 9.54. The molecule has 4 rings (SSSR count). The molecule has 3 heteroatoms. The summed E-state index contributed by atoms with van der Waals surface area (Å²) in [5, 5.41) is 3.86. The van der Waals surface area contributed by atoms with Gasteiger partial charge in [0, 0.05) is 12.1 Å². The molecule has 3 fully saturated rings. The van der Waals surface area contributed by atoms with Crippen molar-refractivity contribution in [3.8, 4) is 0 Å². The first kappa shape index (κ1) is 13.7. The van der Waals surface area contributed by atoms with Gasteiger partial charge in [0.2, 0.25) is 0 Å². The molecule has 0 aliphatic heterocycles. The second kappa shape index (κ2) is 5.35. The molecule has 114 valence electrons. The zero-order valence-electron chi connectivity index (χ0n) is 12.8. The molecule has 0 spiro atoms. The van der Waals surface area contributed by atoms with Crippen LogP contribution in [-0.2, 0) is 0 Å². The van der Waals surface area contributed by atoms with Crippen LogP contribution in [0.15, 0.2) is 18.3 Å². The summed E-state index contributed by atoms with van der Waals surface area (Å²) < 4.78 is 13.0. The van der Waals surface area contributed by atoms with Crippen molar-refractivity contribution in [3.63, 3.8) is 0 Å². The number of halogens is 1. The zero-order chi connectivity index (χ0) is 14.4. The second-order valence-corrected chi connectivity index (χ2v) is 7.29. The predicted molar refractivity (Wildman–Crippen MR) is 81.2 cm³/mol. The van der Waals surface area contributed by atoms with Gasteiger partial charge in [0.1, 0.15) is 5.82 Å². The minimum Gasteiger partial charge on any atom is -0.306 e. The van der Waals surface area contributed by atoms with Gasteiger partial charge in [-0.05, 0) is 67.9 Å². The van der Waals surface area contributed by atoms with Crippen LogP contribution in [0.4, 0.5) is 4.39 Å². The fourth-order valence-electron chi connectivity index (χ4n) is 5.52. The lowest BCUT2D eigenvalue weighted by atomic mass is 9.79. The summed E-state index contributed by atoms with van der Waals surface area (Å²) in [5.41, 5.74) is 0.990. The third kappa shape index (κ3) is 2.30. The van der Waals surface area contributed by atoms with E-state index >= 15 is 0 Å². The Labute approximate surface area is 126 Å². The molecule has 0 saturated heterocycles. The Kier molecular flexibility index (Phi) is 3.49. The van der Waals surface area contributed by atoms with Gasteiger partial charge in [-0.25, -0.2) is 4.39 Å². The van der Waals surface area contributed by atoms with Crippen molar-refractivity contribution < 1.29 is 4.39 Å². The smallest absolute Gasteiger partial charge is 0.141 e. The minimum absolute atomic E-state index is 0.248. The Hall–Kier alpha value is -0.960. The standard InChI is InChI=1S/C18H25FN2/c1-2-16(17-7-6-12(19)10-20-17)21-18-9-11-8-15(18)14-5-3-4-13(11)14/h6-7,10-11,13-16,18,21H,2-5,8-9H2,1H3. The van der Waals surface area contributed by atoms with Crippen molar-refractivity contribution in [3.05, 3.63) is 29.8 Å². The molecule has 1 heterocycles. The van der Waals surface area contributed by atoms with Crippen LogP contribution in [0.3, 0.4) is 0 Å². The number of hydrogen-bond donors (Lipinski definition) is 1. The van der Waals surface area contributed by atoms with E-state index in [0.717, 1.165) is 35.8 Å². The lowest BCUT2D eigenvalue weighted by molar-refractivity contribution is 0.196. The van der Waals surface area contributed by atoms with E-state index in [1.54, 1.807) is 0 Å². The predicted octanol–water partition coefficient (Wildman–Crippen LogP) is 4.09. The van der Waals surface area contributed by atoms with Gasteiger partial charge >= 0.3 is 0 Å². The molecule has 3 saturated carbocycles. The molecule has 3 aliphatic carbocycles. The third-order valence-electron chi connectivity index (χ3n) is 6.36. The SMILES string of the molecule is CCC(NC1CC2CC1C1CCCC21)c1ccc(F)cn1. The normalized spacial score (nSPS) is 38.7. The van der Waals surface area contributed by atoms with E-state index in [0.29, 0.717) is 6.04 Å². The minimum atomic E-state index is -0.248. The van der Waals surface area contributed by atoms with Gasteiger partial charge in [-0.3, -0.25) is 4.98 Å². The number of rotatable bonds is 4. The highest BCUT2D eigenvalue weighted by Gasteiger charge is 2.53. The Morgan fingerprint density at radius 1 is 1.24 bits per heavy atom. The van der Waals surface area contributed by atoms with Gasteiger partial charge in [-0.1, -0.05) is 13.3 Å². The third-order valence-corrected chi connectivity index (χ3v) is 6.36. The van der Waals surface area contributed by atoms with Crippen LogP contribution in [0, 0.1) is 29.5 Å². The van der Waals surface area contributed by atoms with Crippen molar-refractivity contribution in [1.82, 2.24) is 10.3 Å². The molecule has 1 N–H and O–H groups in total. The monoisotopic (exact) mass is 288 g/mol. The number of nitrogens with one attached hydrogen (secondary N) is 1. The summed E-state index contributed by atoms with van der Waals surface area (Å²) in [6, 6.07) is 4.30. The van der Waals surface area contributed by atoms with Crippen molar-refractivity contribution in [2.45, 2.75) is 57.5 Å². The zero-order valence-corrected chi connectivity index (χ0v) is 12.8. The van der Waals surface area contributed by atoms with Crippen LogP contribution in [-0.4, -0.2) is 11.0 Å². The Balaban J connectivity index is 1.46. The van der Waals surface area contributed by atoms with E-state index in [9.17, 15) is 4.39 Å². The maximum Gasteiger partial charge on any atom is 0.141 e. The average Bonchev–Trinajstić information content (AvgIpc) is 3.18. The fourth-order valence-corrected chi connectivity index (χ4v) is 5.52. The first-order chi connectivity index (χ1) is 10.3. The van der Waals surface area contributed by atoms with Crippen molar-refractivity contribution >= 4 is 0 Å². The molecule has 1 aromatic heterocycles. The highest BCUT2D eigenvalue weighted by molar-refractivity contribution is 5.12. The van der Waals surface area contributed by atoms with Crippen LogP contribution in [0.1, 0.15) is 57.2 Å². The summed E-state index contributed by atoms with van der Waals surface area (Å²) in [5.74, 6) is 3.63. The van der Waals surface area contributed by atoms with E-state index in [1.807, 2.05) is 6.07 Å².